The Morgan fingerprint density at radius 3 is 1.67 bits per heavy atom. The number of aromatic nitrogens is 1. The van der Waals surface area contributed by atoms with Gasteiger partial charge in [-0.3, -0.25) is 4.98 Å². The van der Waals surface area contributed by atoms with E-state index in [1.165, 1.54) is 76.2 Å². The van der Waals surface area contributed by atoms with Crippen LogP contribution < -0.4 is 10.4 Å². The fourth-order valence-corrected chi connectivity index (χ4v) is 8.21. The summed E-state index contributed by atoms with van der Waals surface area (Å²) in [4.78, 5) is 4.71. The van der Waals surface area contributed by atoms with Crippen LogP contribution in [0.5, 0.6) is 0 Å². The van der Waals surface area contributed by atoms with E-state index in [9.17, 15) is 0 Å². The van der Waals surface area contributed by atoms with Crippen LogP contribution in [0.15, 0.2) is 176 Å². The van der Waals surface area contributed by atoms with E-state index in [4.69, 9.17) is 4.98 Å². The van der Waals surface area contributed by atoms with E-state index in [1.54, 1.807) is 0 Å². The van der Waals surface area contributed by atoms with Gasteiger partial charge in [0, 0.05) is 35.4 Å². The Morgan fingerprint density at radius 2 is 0.958 bits per heavy atom. The standard InChI is InChI=1S/C47H31N/c1-3-13-40-36(9-1)38-11-5-7-15-42(38)46-26-32(21-23-44(40)46)30-17-19-31(20-18-30)34-25-35(29-48-28-34)33-22-24-45-41-14-4-2-10-37(41)39-12-6-8-16-43(39)47(45)27-33/h1-29,43,47H. The third-order valence-electron chi connectivity index (χ3n) is 10.5. The summed E-state index contributed by atoms with van der Waals surface area (Å²) in [7, 11) is 0. The summed E-state index contributed by atoms with van der Waals surface area (Å²) in [6.45, 7) is 0. The van der Waals surface area contributed by atoms with Crippen molar-refractivity contribution >= 4 is 49.0 Å². The van der Waals surface area contributed by atoms with Crippen LogP contribution >= 0.6 is 0 Å². The Labute approximate surface area is 279 Å². The van der Waals surface area contributed by atoms with Crippen LogP contribution in [0.25, 0.3) is 71.3 Å². The van der Waals surface area contributed by atoms with Crippen LogP contribution in [0, 0.1) is 11.8 Å². The molecule has 6 aromatic carbocycles. The first-order valence-electron chi connectivity index (χ1n) is 16.8. The van der Waals surface area contributed by atoms with Crippen molar-refractivity contribution in [3.63, 3.8) is 0 Å². The number of rotatable bonds is 3. The number of hydrogen-bond donors (Lipinski definition) is 0. The number of allylic oxidation sites excluding steroid dienone is 8. The fourth-order valence-electron chi connectivity index (χ4n) is 8.21. The summed E-state index contributed by atoms with van der Waals surface area (Å²) >= 11 is 0. The Balaban J connectivity index is 0.998. The molecule has 3 aliphatic rings. The van der Waals surface area contributed by atoms with Crippen molar-refractivity contribution in [2.45, 2.75) is 0 Å². The lowest BCUT2D eigenvalue weighted by Gasteiger charge is -2.32. The molecule has 0 saturated heterocycles. The van der Waals surface area contributed by atoms with Crippen molar-refractivity contribution in [1.82, 2.24) is 4.98 Å². The quantitative estimate of drug-likeness (QED) is 0.182. The summed E-state index contributed by atoms with van der Waals surface area (Å²) in [6.07, 6.45) is 20.0. The van der Waals surface area contributed by atoms with Gasteiger partial charge in [-0.15, -0.1) is 0 Å². The average Bonchev–Trinajstić information content (AvgIpc) is 3.18. The van der Waals surface area contributed by atoms with Gasteiger partial charge in [0.25, 0.3) is 0 Å². The average molecular weight is 610 g/mol. The smallest absolute Gasteiger partial charge is 0.0346 e. The first-order valence-corrected chi connectivity index (χ1v) is 16.8. The summed E-state index contributed by atoms with van der Waals surface area (Å²) in [6, 6.07) is 44.5. The summed E-state index contributed by atoms with van der Waals surface area (Å²) in [5, 5.41) is 10.5. The number of nitrogens with zero attached hydrogens (tertiary/aromatic N) is 1. The van der Waals surface area contributed by atoms with E-state index in [0.29, 0.717) is 11.8 Å². The van der Waals surface area contributed by atoms with Gasteiger partial charge in [0.05, 0.1) is 0 Å². The summed E-state index contributed by atoms with van der Waals surface area (Å²) < 4.78 is 0. The highest BCUT2D eigenvalue weighted by Crippen LogP contribution is 2.41. The molecule has 0 N–H and O–H groups in total. The highest BCUT2D eigenvalue weighted by molar-refractivity contribution is 6.25. The molecule has 2 unspecified atom stereocenters. The van der Waals surface area contributed by atoms with Crippen molar-refractivity contribution in [2.24, 2.45) is 11.8 Å². The first-order chi connectivity index (χ1) is 23.8. The Morgan fingerprint density at radius 1 is 0.396 bits per heavy atom. The van der Waals surface area contributed by atoms with Gasteiger partial charge < -0.3 is 0 Å². The molecule has 224 valence electrons. The van der Waals surface area contributed by atoms with Crippen molar-refractivity contribution in [3.8, 4) is 22.3 Å². The second kappa shape index (κ2) is 10.8. The molecule has 0 spiro atoms. The molecule has 0 fully saturated rings. The molecule has 0 radical (unpaired) electrons. The maximum absolute atomic E-state index is 4.71. The third kappa shape index (κ3) is 4.21. The summed E-state index contributed by atoms with van der Waals surface area (Å²) in [5.74, 6) is 0.645. The van der Waals surface area contributed by atoms with Gasteiger partial charge in [-0.2, -0.15) is 0 Å². The minimum atomic E-state index is 0.302. The number of benzene rings is 6. The Hall–Kier alpha value is -6.05. The van der Waals surface area contributed by atoms with E-state index in [2.05, 4.69) is 164 Å². The zero-order chi connectivity index (χ0) is 31.6. The number of pyridine rings is 1. The fraction of sp³-hybridized carbons (Fsp3) is 0.0426. The molecule has 7 aromatic rings. The van der Waals surface area contributed by atoms with Crippen molar-refractivity contribution < 1.29 is 0 Å². The zero-order valence-electron chi connectivity index (χ0n) is 26.3. The Kier molecular flexibility index (Phi) is 6.07. The molecule has 0 amide bonds. The summed E-state index contributed by atoms with van der Waals surface area (Å²) in [5.41, 5.74) is 9.92. The van der Waals surface area contributed by atoms with E-state index >= 15 is 0 Å². The van der Waals surface area contributed by atoms with E-state index in [-0.39, 0.29) is 0 Å². The molecule has 0 bridgehead atoms. The van der Waals surface area contributed by atoms with Crippen LogP contribution in [0.4, 0.5) is 0 Å². The molecule has 3 aliphatic carbocycles. The van der Waals surface area contributed by atoms with Gasteiger partial charge in [-0.1, -0.05) is 152 Å². The van der Waals surface area contributed by atoms with Crippen molar-refractivity contribution in [3.05, 3.63) is 192 Å². The van der Waals surface area contributed by atoms with Crippen LogP contribution in [-0.2, 0) is 0 Å². The molecule has 1 heteroatoms. The van der Waals surface area contributed by atoms with Gasteiger partial charge in [0.1, 0.15) is 0 Å². The molecular weight excluding hydrogens is 579 g/mol. The van der Waals surface area contributed by atoms with Crippen LogP contribution in [0.2, 0.25) is 0 Å². The Bertz CT molecular complexity index is 2680. The lowest BCUT2D eigenvalue weighted by Crippen LogP contribution is -2.39. The number of hydrogen-bond acceptors (Lipinski definition) is 1. The molecule has 1 heterocycles. The van der Waals surface area contributed by atoms with Crippen LogP contribution in [0.3, 0.4) is 0 Å². The highest BCUT2D eigenvalue weighted by atomic mass is 14.6. The van der Waals surface area contributed by atoms with E-state index in [0.717, 1.165) is 11.1 Å². The van der Waals surface area contributed by atoms with Gasteiger partial charge >= 0.3 is 0 Å². The topological polar surface area (TPSA) is 12.9 Å². The maximum atomic E-state index is 4.71. The lowest BCUT2D eigenvalue weighted by molar-refractivity contribution is 0.696. The minimum absolute atomic E-state index is 0.302. The lowest BCUT2D eigenvalue weighted by atomic mass is 9.71. The van der Waals surface area contributed by atoms with E-state index in [1.807, 2.05) is 12.4 Å². The monoisotopic (exact) mass is 609 g/mol. The SMILES string of the molecule is C1=CC2=c3ccccc3=C3C=CC(c4cncc(-c5ccc(-c6ccc7c8ccccc8c8ccccc8c7c6)cc5)c4)=CC3C2C=C1. The first kappa shape index (κ1) is 27.1. The van der Waals surface area contributed by atoms with Crippen LogP contribution in [0.1, 0.15) is 5.56 Å². The van der Waals surface area contributed by atoms with E-state index < -0.39 is 0 Å². The van der Waals surface area contributed by atoms with Gasteiger partial charge in [0.15, 0.2) is 0 Å². The maximum Gasteiger partial charge on any atom is 0.0346 e. The normalized spacial score (nSPS) is 17.8. The van der Waals surface area contributed by atoms with Crippen molar-refractivity contribution in [2.75, 3.05) is 0 Å². The third-order valence-corrected chi connectivity index (χ3v) is 10.5. The van der Waals surface area contributed by atoms with Crippen LogP contribution in [-0.4, -0.2) is 4.98 Å². The molecule has 0 saturated carbocycles. The highest BCUT2D eigenvalue weighted by Gasteiger charge is 2.30. The molecule has 0 aliphatic heterocycles. The molecule has 48 heavy (non-hydrogen) atoms. The second-order valence-corrected chi connectivity index (χ2v) is 13.1. The molecule has 1 nitrogen and oxygen atoms in total. The van der Waals surface area contributed by atoms with Crippen molar-refractivity contribution in [1.29, 1.82) is 0 Å². The molecular formula is C47H31N. The number of fused-ring (bicyclic) bond motifs is 10. The largest absolute Gasteiger partial charge is 0.263 e. The zero-order valence-corrected chi connectivity index (χ0v) is 26.3. The predicted octanol–water partition coefficient (Wildman–Crippen LogP) is 10.2. The van der Waals surface area contributed by atoms with Gasteiger partial charge in [-0.25, -0.2) is 0 Å². The second-order valence-electron chi connectivity index (χ2n) is 13.1. The van der Waals surface area contributed by atoms with Gasteiger partial charge in [0.2, 0.25) is 0 Å². The minimum Gasteiger partial charge on any atom is -0.263 e. The molecule has 10 rings (SSSR count). The molecule has 1 aromatic heterocycles. The van der Waals surface area contributed by atoms with Gasteiger partial charge in [-0.05, 0) is 88.3 Å². The predicted molar refractivity (Wildman–Crippen MR) is 203 cm³/mol. The molecule has 2 atom stereocenters.